The number of nitrogen functional groups attached to an aromatic ring is 1. The highest BCUT2D eigenvalue weighted by atomic mass is 79.9. The third kappa shape index (κ3) is 3.88. The Morgan fingerprint density at radius 1 is 1.17 bits per heavy atom. The largest absolute Gasteiger partial charge is 0.573 e. The number of alkyl halides is 3. The number of hydrogen-bond acceptors (Lipinski definition) is 4. The summed E-state index contributed by atoms with van der Waals surface area (Å²) in [6.07, 6.45) is -4.67. The van der Waals surface area contributed by atoms with Crippen LogP contribution in [0.1, 0.15) is 0 Å². The molecule has 18 heavy (non-hydrogen) atoms. The summed E-state index contributed by atoms with van der Waals surface area (Å²) in [7, 11) is 0. The molecular weight excluding hydrogens is 333 g/mol. The lowest BCUT2D eigenvalue weighted by atomic mass is 10.2. The van der Waals surface area contributed by atoms with Crippen LogP contribution in [-0.4, -0.2) is 11.3 Å². The fourth-order valence-electron chi connectivity index (χ4n) is 1.25. The van der Waals surface area contributed by atoms with E-state index in [1.165, 1.54) is 35.6 Å². The molecule has 0 spiro atoms. The SMILES string of the molecule is Br.Nc1nc(-c2ccc(OC(F)(F)F)cc2)cs1. The highest BCUT2D eigenvalue weighted by molar-refractivity contribution is 8.93. The predicted octanol–water partition coefficient (Wildman–Crippen LogP) is 3.87. The van der Waals surface area contributed by atoms with Crippen molar-refractivity contribution >= 4 is 33.4 Å². The molecule has 98 valence electrons. The number of hydrogen-bond donors (Lipinski definition) is 1. The molecule has 0 aliphatic heterocycles. The molecule has 2 N–H and O–H groups in total. The van der Waals surface area contributed by atoms with Crippen molar-refractivity contribution in [3.05, 3.63) is 29.6 Å². The molecule has 0 amide bonds. The summed E-state index contributed by atoms with van der Waals surface area (Å²) in [6.45, 7) is 0. The Hall–Kier alpha value is -1.28. The van der Waals surface area contributed by atoms with Gasteiger partial charge in [0.05, 0.1) is 5.69 Å². The summed E-state index contributed by atoms with van der Waals surface area (Å²) in [5, 5.41) is 2.14. The molecule has 1 aromatic carbocycles. The maximum Gasteiger partial charge on any atom is 0.573 e. The van der Waals surface area contributed by atoms with Crippen LogP contribution in [0.25, 0.3) is 11.3 Å². The van der Waals surface area contributed by atoms with Crippen LogP contribution in [0.5, 0.6) is 5.75 Å². The van der Waals surface area contributed by atoms with Crippen molar-refractivity contribution in [3.8, 4) is 17.0 Å². The first-order chi connectivity index (χ1) is 7.94. The second-order valence-electron chi connectivity index (χ2n) is 3.14. The molecule has 0 aliphatic carbocycles. The van der Waals surface area contributed by atoms with Crippen LogP contribution in [0.3, 0.4) is 0 Å². The number of nitrogens with two attached hydrogens (primary N) is 1. The van der Waals surface area contributed by atoms with Crippen LogP contribution in [-0.2, 0) is 0 Å². The molecule has 0 aliphatic rings. The first-order valence-corrected chi connectivity index (χ1v) is 5.39. The molecule has 1 heterocycles. The Kier molecular flexibility index (Phi) is 4.58. The highest BCUT2D eigenvalue weighted by Crippen LogP contribution is 2.27. The van der Waals surface area contributed by atoms with E-state index >= 15 is 0 Å². The lowest BCUT2D eigenvalue weighted by molar-refractivity contribution is -0.274. The van der Waals surface area contributed by atoms with Crippen LogP contribution in [0.4, 0.5) is 18.3 Å². The quantitative estimate of drug-likeness (QED) is 0.902. The van der Waals surface area contributed by atoms with E-state index in [2.05, 4.69) is 9.72 Å². The lowest BCUT2D eigenvalue weighted by Crippen LogP contribution is -2.16. The van der Waals surface area contributed by atoms with Crippen LogP contribution < -0.4 is 10.5 Å². The number of aromatic nitrogens is 1. The van der Waals surface area contributed by atoms with Crippen molar-refractivity contribution in [2.24, 2.45) is 0 Å². The van der Waals surface area contributed by atoms with E-state index in [0.717, 1.165) is 0 Å². The van der Waals surface area contributed by atoms with Crippen molar-refractivity contribution in [2.75, 3.05) is 5.73 Å². The summed E-state index contributed by atoms with van der Waals surface area (Å²) in [5.74, 6) is -0.260. The van der Waals surface area contributed by atoms with Crippen molar-refractivity contribution in [3.63, 3.8) is 0 Å². The minimum absolute atomic E-state index is 0. The third-order valence-electron chi connectivity index (χ3n) is 1.91. The minimum atomic E-state index is -4.67. The van der Waals surface area contributed by atoms with Crippen molar-refractivity contribution < 1.29 is 17.9 Å². The minimum Gasteiger partial charge on any atom is -0.406 e. The van der Waals surface area contributed by atoms with Crippen molar-refractivity contribution in [1.29, 1.82) is 0 Å². The molecule has 0 unspecified atom stereocenters. The lowest BCUT2D eigenvalue weighted by Gasteiger charge is -2.08. The van der Waals surface area contributed by atoms with Gasteiger partial charge in [-0.05, 0) is 24.3 Å². The highest BCUT2D eigenvalue weighted by Gasteiger charge is 2.30. The molecule has 2 rings (SSSR count). The second-order valence-corrected chi connectivity index (χ2v) is 4.03. The van der Waals surface area contributed by atoms with E-state index in [-0.39, 0.29) is 22.7 Å². The number of halogens is 4. The maximum atomic E-state index is 11.9. The van der Waals surface area contributed by atoms with E-state index in [1.54, 1.807) is 5.38 Å². The van der Waals surface area contributed by atoms with Crippen LogP contribution >= 0.6 is 28.3 Å². The van der Waals surface area contributed by atoms with Gasteiger partial charge in [-0.3, -0.25) is 0 Å². The molecule has 0 atom stereocenters. The number of benzene rings is 1. The van der Waals surface area contributed by atoms with E-state index in [0.29, 0.717) is 16.4 Å². The van der Waals surface area contributed by atoms with Gasteiger partial charge in [0.15, 0.2) is 5.13 Å². The van der Waals surface area contributed by atoms with Gasteiger partial charge in [0, 0.05) is 10.9 Å². The standard InChI is InChI=1S/C10H7F3N2OS.BrH/c11-10(12,13)16-7-3-1-6(2-4-7)8-5-17-9(14)15-8;/h1-5H,(H2,14,15);1H. The topological polar surface area (TPSA) is 48.1 Å². The molecule has 0 saturated carbocycles. The normalized spacial score (nSPS) is 10.8. The van der Waals surface area contributed by atoms with E-state index in [9.17, 15) is 13.2 Å². The van der Waals surface area contributed by atoms with Gasteiger partial charge in [0.2, 0.25) is 0 Å². The molecule has 1 aromatic heterocycles. The van der Waals surface area contributed by atoms with Gasteiger partial charge in [0.1, 0.15) is 5.75 Å². The molecule has 0 radical (unpaired) electrons. The summed E-state index contributed by atoms with van der Waals surface area (Å²) >= 11 is 1.27. The zero-order chi connectivity index (χ0) is 12.5. The monoisotopic (exact) mass is 340 g/mol. The van der Waals surface area contributed by atoms with E-state index in [1.807, 2.05) is 0 Å². The molecule has 0 bridgehead atoms. The van der Waals surface area contributed by atoms with Crippen molar-refractivity contribution in [2.45, 2.75) is 6.36 Å². The Morgan fingerprint density at radius 2 is 1.78 bits per heavy atom. The average Bonchev–Trinajstić information content (AvgIpc) is 2.63. The van der Waals surface area contributed by atoms with Gasteiger partial charge in [-0.25, -0.2) is 4.98 Å². The summed E-state index contributed by atoms with van der Waals surface area (Å²) < 4.78 is 39.5. The molecule has 0 fully saturated rings. The van der Waals surface area contributed by atoms with Crippen LogP contribution in [0.2, 0.25) is 0 Å². The number of nitrogens with zero attached hydrogens (tertiary/aromatic N) is 1. The number of anilines is 1. The van der Waals surface area contributed by atoms with Gasteiger partial charge in [0.25, 0.3) is 0 Å². The fourth-order valence-corrected chi connectivity index (χ4v) is 1.82. The smallest absolute Gasteiger partial charge is 0.406 e. The average molecular weight is 341 g/mol. The first-order valence-electron chi connectivity index (χ1n) is 4.51. The van der Waals surface area contributed by atoms with E-state index in [4.69, 9.17) is 5.73 Å². The van der Waals surface area contributed by atoms with Gasteiger partial charge in [-0.15, -0.1) is 41.5 Å². The first kappa shape index (κ1) is 14.8. The van der Waals surface area contributed by atoms with Crippen molar-refractivity contribution in [1.82, 2.24) is 4.98 Å². The van der Waals surface area contributed by atoms with Gasteiger partial charge in [-0.1, -0.05) is 0 Å². The molecule has 0 saturated heterocycles. The predicted molar refractivity (Wildman–Crippen MR) is 69.0 cm³/mol. The Labute approximate surface area is 115 Å². The molecule has 3 nitrogen and oxygen atoms in total. The van der Waals surface area contributed by atoms with Gasteiger partial charge in [-0.2, -0.15) is 0 Å². The molecule has 8 heteroatoms. The van der Waals surface area contributed by atoms with E-state index < -0.39 is 6.36 Å². The Balaban J connectivity index is 0.00000162. The Morgan fingerprint density at radius 3 is 2.22 bits per heavy atom. The number of thiazole rings is 1. The Bertz CT molecular complexity index is 513. The van der Waals surface area contributed by atoms with Gasteiger partial charge >= 0.3 is 6.36 Å². The second kappa shape index (κ2) is 5.57. The fraction of sp³-hybridized carbons (Fsp3) is 0.100. The van der Waals surface area contributed by atoms with Crippen LogP contribution in [0, 0.1) is 0 Å². The summed E-state index contributed by atoms with van der Waals surface area (Å²) in [4.78, 5) is 4.02. The third-order valence-corrected chi connectivity index (χ3v) is 2.58. The maximum absolute atomic E-state index is 11.9. The zero-order valence-electron chi connectivity index (χ0n) is 8.77. The zero-order valence-corrected chi connectivity index (χ0v) is 11.3. The number of rotatable bonds is 2. The summed E-state index contributed by atoms with van der Waals surface area (Å²) in [5.41, 5.74) is 6.78. The summed E-state index contributed by atoms with van der Waals surface area (Å²) in [6, 6.07) is 5.46. The molecule has 2 aromatic rings. The van der Waals surface area contributed by atoms with Crippen LogP contribution in [0.15, 0.2) is 29.6 Å². The molecular formula is C10H8BrF3N2OS. The van der Waals surface area contributed by atoms with Gasteiger partial charge < -0.3 is 10.5 Å². The number of ether oxygens (including phenoxy) is 1.